The van der Waals surface area contributed by atoms with Crippen LogP contribution in [0.2, 0.25) is 0 Å². The Morgan fingerprint density at radius 2 is 2.33 bits per heavy atom. The van der Waals surface area contributed by atoms with Gasteiger partial charge in [0.25, 0.3) is 5.56 Å². The fourth-order valence-electron chi connectivity index (χ4n) is 3.03. The highest BCUT2D eigenvalue weighted by Crippen LogP contribution is 2.12. The Balaban J connectivity index is 1.53. The molecule has 6 heteroatoms. The first-order valence-electron chi connectivity index (χ1n) is 8.48. The Bertz CT molecular complexity index is 779. The predicted molar refractivity (Wildman–Crippen MR) is 92.0 cm³/mol. The standard InChI is InChI=1S/C18H23N3O3/c1-13-5-2-7-15-17(13)20-12-21(18(15)23)9-3-8-16(22)19-11-14-6-4-10-24-14/h2,5,7,12,14H,3-4,6,8-11H2,1H3,(H,19,22)/t14-/m0/s1. The van der Waals surface area contributed by atoms with Crippen molar-refractivity contribution in [1.82, 2.24) is 14.9 Å². The lowest BCUT2D eigenvalue weighted by atomic mass is 10.1. The van der Waals surface area contributed by atoms with E-state index in [4.69, 9.17) is 4.74 Å². The minimum Gasteiger partial charge on any atom is -0.376 e. The SMILES string of the molecule is Cc1cccc2c(=O)n(CCCC(=O)NC[C@@H]3CCCO3)cnc12. The molecule has 0 bridgehead atoms. The topological polar surface area (TPSA) is 73.2 Å². The zero-order valence-electron chi connectivity index (χ0n) is 14.0. The van der Waals surface area contributed by atoms with Crippen LogP contribution in [0.15, 0.2) is 29.3 Å². The highest BCUT2D eigenvalue weighted by molar-refractivity contribution is 5.80. The monoisotopic (exact) mass is 329 g/mol. The first-order valence-corrected chi connectivity index (χ1v) is 8.48. The van der Waals surface area contributed by atoms with E-state index >= 15 is 0 Å². The van der Waals surface area contributed by atoms with Crippen LogP contribution >= 0.6 is 0 Å². The third-order valence-electron chi connectivity index (χ3n) is 4.41. The number of benzene rings is 1. The summed E-state index contributed by atoms with van der Waals surface area (Å²) >= 11 is 0. The number of aromatic nitrogens is 2. The number of ether oxygens (including phenoxy) is 1. The van der Waals surface area contributed by atoms with Gasteiger partial charge in [-0.05, 0) is 37.8 Å². The lowest BCUT2D eigenvalue weighted by Crippen LogP contribution is -2.32. The lowest BCUT2D eigenvalue weighted by Gasteiger charge is -2.11. The van der Waals surface area contributed by atoms with Crippen molar-refractivity contribution < 1.29 is 9.53 Å². The summed E-state index contributed by atoms with van der Waals surface area (Å²) < 4.78 is 7.05. The van der Waals surface area contributed by atoms with E-state index < -0.39 is 0 Å². The number of fused-ring (bicyclic) bond motifs is 1. The van der Waals surface area contributed by atoms with Crippen molar-refractivity contribution in [2.45, 2.75) is 45.3 Å². The second-order valence-corrected chi connectivity index (χ2v) is 6.26. The third-order valence-corrected chi connectivity index (χ3v) is 4.41. The van der Waals surface area contributed by atoms with Crippen molar-refractivity contribution in [3.8, 4) is 0 Å². The number of carbonyl (C=O) groups excluding carboxylic acids is 1. The molecule has 1 aromatic carbocycles. The summed E-state index contributed by atoms with van der Waals surface area (Å²) in [7, 11) is 0. The number of amides is 1. The molecule has 0 spiro atoms. The van der Waals surface area contributed by atoms with Crippen LogP contribution < -0.4 is 10.9 Å². The van der Waals surface area contributed by atoms with E-state index in [1.54, 1.807) is 17.0 Å². The molecular weight excluding hydrogens is 306 g/mol. The summed E-state index contributed by atoms with van der Waals surface area (Å²) in [5, 5.41) is 3.52. The molecule has 1 aliphatic rings. The minimum atomic E-state index is -0.0523. The van der Waals surface area contributed by atoms with Gasteiger partial charge < -0.3 is 10.1 Å². The van der Waals surface area contributed by atoms with Crippen molar-refractivity contribution in [3.05, 3.63) is 40.4 Å². The molecule has 1 aromatic heterocycles. The summed E-state index contributed by atoms with van der Waals surface area (Å²) in [6, 6.07) is 5.60. The van der Waals surface area contributed by atoms with Gasteiger partial charge in [0.1, 0.15) is 0 Å². The number of aryl methyl sites for hydroxylation is 2. The zero-order chi connectivity index (χ0) is 16.9. The van der Waals surface area contributed by atoms with Gasteiger partial charge in [0.05, 0.1) is 23.3 Å². The van der Waals surface area contributed by atoms with Crippen LogP contribution in [0.25, 0.3) is 10.9 Å². The van der Waals surface area contributed by atoms with Crippen LogP contribution in [0.3, 0.4) is 0 Å². The van der Waals surface area contributed by atoms with Crippen LogP contribution in [0.4, 0.5) is 0 Å². The molecule has 24 heavy (non-hydrogen) atoms. The molecule has 128 valence electrons. The van der Waals surface area contributed by atoms with E-state index in [9.17, 15) is 9.59 Å². The summed E-state index contributed by atoms with van der Waals surface area (Å²) in [6.07, 6.45) is 4.81. The van der Waals surface area contributed by atoms with Gasteiger partial charge in [-0.3, -0.25) is 14.2 Å². The number of para-hydroxylation sites is 1. The molecule has 1 amide bonds. The van der Waals surface area contributed by atoms with E-state index in [0.717, 1.165) is 30.5 Å². The van der Waals surface area contributed by atoms with Crippen LogP contribution in [0, 0.1) is 6.92 Å². The normalized spacial score (nSPS) is 17.3. The zero-order valence-corrected chi connectivity index (χ0v) is 14.0. The van der Waals surface area contributed by atoms with Crippen molar-refractivity contribution >= 4 is 16.8 Å². The van der Waals surface area contributed by atoms with E-state index in [1.165, 1.54) is 0 Å². The highest BCUT2D eigenvalue weighted by atomic mass is 16.5. The number of hydrogen-bond acceptors (Lipinski definition) is 4. The molecule has 1 fully saturated rings. The van der Waals surface area contributed by atoms with Crippen molar-refractivity contribution in [3.63, 3.8) is 0 Å². The van der Waals surface area contributed by atoms with Gasteiger partial charge in [0.15, 0.2) is 0 Å². The quantitative estimate of drug-likeness (QED) is 0.877. The molecule has 0 saturated carbocycles. The number of nitrogens with one attached hydrogen (secondary N) is 1. The summed E-state index contributed by atoms with van der Waals surface area (Å²) in [5.74, 6) is 0.00291. The van der Waals surface area contributed by atoms with Crippen molar-refractivity contribution in [1.29, 1.82) is 0 Å². The molecule has 0 radical (unpaired) electrons. The maximum Gasteiger partial charge on any atom is 0.261 e. The maximum atomic E-state index is 12.5. The van der Waals surface area contributed by atoms with Crippen LogP contribution in [-0.2, 0) is 16.1 Å². The molecule has 2 aromatic rings. The summed E-state index contributed by atoms with van der Waals surface area (Å²) in [6.45, 7) is 3.80. The Kier molecular flexibility index (Phi) is 5.25. The number of carbonyl (C=O) groups is 1. The van der Waals surface area contributed by atoms with Gasteiger partial charge in [0.2, 0.25) is 5.91 Å². The highest BCUT2D eigenvalue weighted by Gasteiger charge is 2.16. The van der Waals surface area contributed by atoms with Gasteiger partial charge in [-0.1, -0.05) is 12.1 Å². The van der Waals surface area contributed by atoms with Gasteiger partial charge in [-0.2, -0.15) is 0 Å². The summed E-state index contributed by atoms with van der Waals surface area (Å²) in [5.41, 5.74) is 1.68. The first-order chi connectivity index (χ1) is 11.6. The smallest absolute Gasteiger partial charge is 0.261 e. The largest absolute Gasteiger partial charge is 0.376 e. The Labute approximate surface area is 140 Å². The first kappa shape index (κ1) is 16.6. The predicted octanol–water partition coefficient (Wildman–Crippen LogP) is 1.78. The number of rotatable bonds is 6. The molecular formula is C18H23N3O3. The Morgan fingerprint density at radius 3 is 3.12 bits per heavy atom. The minimum absolute atomic E-state index is 0.00291. The fraction of sp³-hybridized carbons (Fsp3) is 0.500. The molecule has 1 atom stereocenters. The molecule has 0 unspecified atom stereocenters. The lowest BCUT2D eigenvalue weighted by molar-refractivity contribution is -0.121. The van der Waals surface area contributed by atoms with Crippen LogP contribution in [0.5, 0.6) is 0 Å². The third kappa shape index (κ3) is 3.82. The average molecular weight is 329 g/mol. The van der Waals surface area contributed by atoms with Gasteiger partial charge >= 0.3 is 0 Å². The van der Waals surface area contributed by atoms with Gasteiger partial charge in [-0.25, -0.2) is 4.98 Å². The Morgan fingerprint density at radius 1 is 1.46 bits per heavy atom. The maximum absolute atomic E-state index is 12.5. The molecule has 0 aliphatic carbocycles. The molecule has 1 aliphatic heterocycles. The van der Waals surface area contributed by atoms with E-state index in [2.05, 4.69) is 10.3 Å². The van der Waals surface area contributed by atoms with Crippen molar-refractivity contribution in [2.75, 3.05) is 13.2 Å². The van der Waals surface area contributed by atoms with E-state index in [0.29, 0.717) is 31.3 Å². The van der Waals surface area contributed by atoms with Crippen LogP contribution in [-0.4, -0.2) is 34.7 Å². The van der Waals surface area contributed by atoms with E-state index in [-0.39, 0.29) is 17.6 Å². The van der Waals surface area contributed by atoms with Gasteiger partial charge in [0, 0.05) is 26.1 Å². The molecule has 1 saturated heterocycles. The van der Waals surface area contributed by atoms with Crippen LogP contribution in [0.1, 0.15) is 31.2 Å². The van der Waals surface area contributed by atoms with Crippen molar-refractivity contribution in [2.24, 2.45) is 0 Å². The van der Waals surface area contributed by atoms with E-state index in [1.807, 2.05) is 19.1 Å². The van der Waals surface area contributed by atoms with Gasteiger partial charge in [-0.15, -0.1) is 0 Å². The number of nitrogens with zero attached hydrogens (tertiary/aromatic N) is 2. The second kappa shape index (κ2) is 7.57. The fourth-order valence-corrected chi connectivity index (χ4v) is 3.03. The number of hydrogen-bond donors (Lipinski definition) is 1. The second-order valence-electron chi connectivity index (χ2n) is 6.26. The molecule has 6 nitrogen and oxygen atoms in total. The average Bonchev–Trinajstić information content (AvgIpc) is 3.09. The molecule has 2 heterocycles. The Hall–Kier alpha value is -2.21. The summed E-state index contributed by atoms with van der Waals surface area (Å²) in [4.78, 5) is 28.7. The molecule has 3 rings (SSSR count). The molecule has 1 N–H and O–H groups in total.